The van der Waals surface area contributed by atoms with E-state index in [1.807, 2.05) is 0 Å². The van der Waals surface area contributed by atoms with Crippen LogP contribution in [0.3, 0.4) is 0 Å². The van der Waals surface area contributed by atoms with Gasteiger partial charge in [-0.1, -0.05) is 23.7 Å². The molecule has 96 valence electrons. The fourth-order valence-electron chi connectivity index (χ4n) is 1.61. The molecule has 1 aromatic carbocycles. The van der Waals surface area contributed by atoms with Gasteiger partial charge in [0.2, 0.25) is 0 Å². The molecule has 0 fully saturated rings. The predicted octanol–water partition coefficient (Wildman–Crippen LogP) is 3.54. The fourth-order valence-corrected chi connectivity index (χ4v) is 4.20. The van der Waals surface area contributed by atoms with E-state index in [4.69, 9.17) is 11.6 Å². The van der Waals surface area contributed by atoms with E-state index in [1.165, 1.54) is 22.7 Å². The number of hydrogen-bond donors (Lipinski definition) is 0. The zero-order chi connectivity index (χ0) is 13.3. The van der Waals surface area contributed by atoms with Gasteiger partial charge in [-0.25, -0.2) is 8.42 Å². The van der Waals surface area contributed by atoms with Crippen molar-refractivity contribution in [3.63, 3.8) is 0 Å². The van der Waals surface area contributed by atoms with Gasteiger partial charge in [-0.05, 0) is 36.1 Å². The maximum Gasteiger partial charge on any atom is 0.273 e. The third kappa shape index (κ3) is 2.25. The Labute approximate surface area is 116 Å². The van der Waals surface area contributed by atoms with Gasteiger partial charge in [-0.15, -0.1) is 11.3 Å². The van der Waals surface area contributed by atoms with Gasteiger partial charge in [-0.2, -0.15) is 0 Å². The van der Waals surface area contributed by atoms with Gasteiger partial charge < -0.3 is 0 Å². The quantitative estimate of drug-likeness (QED) is 0.869. The Morgan fingerprint density at radius 1 is 1.22 bits per heavy atom. The standard InChI is InChI=1S/C12H12ClNO2S2/c1-9-10(13)5-3-6-11(9)14(2)18(15,16)12-7-4-8-17-12/h3-8H,1-2H3. The molecular weight excluding hydrogens is 290 g/mol. The molecule has 0 N–H and O–H groups in total. The van der Waals surface area contributed by atoms with Crippen LogP contribution in [0.4, 0.5) is 5.69 Å². The lowest BCUT2D eigenvalue weighted by Gasteiger charge is -2.20. The van der Waals surface area contributed by atoms with Crippen molar-refractivity contribution in [2.75, 3.05) is 11.4 Å². The largest absolute Gasteiger partial charge is 0.273 e. The molecule has 18 heavy (non-hydrogen) atoms. The summed E-state index contributed by atoms with van der Waals surface area (Å²) < 4.78 is 26.3. The summed E-state index contributed by atoms with van der Waals surface area (Å²) >= 11 is 7.21. The monoisotopic (exact) mass is 301 g/mol. The van der Waals surface area contributed by atoms with Gasteiger partial charge in [0.1, 0.15) is 4.21 Å². The molecule has 0 radical (unpaired) electrons. The van der Waals surface area contributed by atoms with E-state index in [0.29, 0.717) is 14.9 Å². The molecule has 0 atom stereocenters. The Morgan fingerprint density at radius 3 is 2.56 bits per heavy atom. The van der Waals surface area contributed by atoms with Crippen molar-refractivity contribution in [1.82, 2.24) is 0 Å². The van der Waals surface area contributed by atoms with Crippen molar-refractivity contribution >= 4 is 38.6 Å². The normalized spacial score (nSPS) is 11.5. The van der Waals surface area contributed by atoms with Crippen molar-refractivity contribution in [2.45, 2.75) is 11.1 Å². The lowest BCUT2D eigenvalue weighted by atomic mass is 10.2. The van der Waals surface area contributed by atoms with Crippen LogP contribution in [-0.4, -0.2) is 15.5 Å². The first-order valence-corrected chi connectivity index (χ1v) is 7.92. The summed E-state index contributed by atoms with van der Waals surface area (Å²) in [6.07, 6.45) is 0. The molecule has 6 heteroatoms. The molecule has 0 bridgehead atoms. The second-order valence-corrected chi connectivity index (χ2v) is 7.34. The third-order valence-electron chi connectivity index (χ3n) is 2.69. The molecule has 0 saturated heterocycles. The molecular formula is C12H12ClNO2S2. The highest BCUT2D eigenvalue weighted by atomic mass is 35.5. The Balaban J connectivity index is 2.50. The SMILES string of the molecule is Cc1c(Cl)cccc1N(C)S(=O)(=O)c1cccs1. The topological polar surface area (TPSA) is 37.4 Å². The Hall–Kier alpha value is -1.04. The second-order valence-electron chi connectivity index (χ2n) is 3.79. The minimum atomic E-state index is -3.49. The van der Waals surface area contributed by atoms with Crippen LogP contribution in [-0.2, 0) is 10.0 Å². The average molecular weight is 302 g/mol. The van der Waals surface area contributed by atoms with Gasteiger partial charge in [0, 0.05) is 12.1 Å². The van der Waals surface area contributed by atoms with Crippen LogP contribution in [0, 0.1) is 6.92 Å². The van der Waals surface area contributed by atoms with Gasteiger partial charge in [0.25, 0.3) is 10.0 Å². The summed E-state index contributed by atoms with van der Waals surface area (Å²) in [4.78, 5) is 0. The molecule has 0 unspecified atom stereocenters. The first kappa shape index (κ1) is 13.4. The van der Waals surface area contributed by atoms with Gasteiger partial charge in [0.15, 0.2) is 0 Å². The van der Waals surface area contributed by atoms with Crippen LogP contribution in [0.15, 0.2) is 39.9 Å². The smallest absolute Gasteiger partial charge is 0.268 e. The predicted molar refractivity (Wildman–Crippen MR) is 76.1 cm³/mol. The number of hydrogen-bond acceptors (Lipinski definition) is 3. The van der Waals surface area contributed by atoms with Crippen LogP contribution < -0.4 is 4.31 Å². The van der Waals surface area contributed by atoms with Crippen LogP contribution >= 0.6 is 22.9 Å². The van der Waals surface area contributed by atoms with Crippen molar-refractivity contribution in [2.24, 2.45) is 0 Å². The lowest BCUT2D eigenvalue weighted by Crippen LogP contribution is -2.26. The minimum absolute atomic E-state index is 0.323. The molecule has 0 aliphatic carbocycles. The van der Waals surface area contributed by atoms with Crippen molar-refractivity contribution in [3.05, 3.63) is 46.3 Å². The van der Waals surface area contributed by atoms with E-state index in [2.05, 4.69) is 0 Å². The molecule has 0 aliphatic heterocycles. The van der Waals surface area contributed by atoms with Crippen molar-refractivity contribution in [1.29, 1.82) is 0 Å². The highest BCUT2D eigenvalue weighted by molar-refractivity contribution is 7.94. The van der Waals surface area contributed by atoms with E-state index >= 15 is 0 Å². The molecule has 0 amide bonds. The summed E-state index contributed by atoms with van der Waals surface area (Å²) in [6.45, 7) is 1.80. The van der Waals surface area contributed by atoms with Gasteiger partial charge in [0.05, 0.1) is 5.69 Å². The number of anilines is 1. The molecule has 1 aromatic heterocycles. The minimum Gasteiger partial charge on any atom is -0.268 e. The summed E-state index contributed by atoms with van der Waals surface area (Å²) in [5.74, 6) is 0. The molecule has 2 aromatic rings. The number of rotatable bonds is 3. The number of sulfonamides is 1. The summed E-state index contributed by atoms with van der Waals surface area (Å²) in [6, 6.07) is 8.54. The Kier molecular flexibility index (Phi) is 3.66. The summed E-state index contributed by atoms with van der Waals surface area (Å²) in [5, 5.41) is 2.30. The zero-order valence-electron chi connectivity index (χ0n) is 9.92. The number of nitrogens with zero attached hydrogens (tertiary/aromatic N) is 1. The van der Waals surface area contributed by atoms with Crippen LogP contribution in [0.1, 0.15) is 5.56 Å². The Bertz CT molecular complexity index is 651. The van der Waals surface area contributed by atoms with Gasteiger partial charge >= 0.3 is 0 Å². The molecule has 0 aliphatic rings. The molecule has 0 saturated carbocycles. The Morgan fingerprint density at radius 2 is 1.94 bits per heavy atom. The van der Waals surface area contributed by atoms with Gasteiger partial charge in [-0.3, -0.25) is 4.31 Å². The van der Waals surface area contributed by atoms with E-state index in [9.17, 15) is 8.42 Å². The molecule has 3 nitrogen and oxygen atoms in total. The first-order chi connectivity index (χ1) is 8.44. The fraction of sp³-hybridized carbons (Fsp3) is 0.167. The van der Waals surface area contributed by atoms with Crippen LogP contribution in [0.25, 0.3) is 0 Å². The summed E-state index contributed by atoms with van der Waals surface area (Å²) in [5.41, 5.74) is 1.35. The maximum atomic E-state index is 12.4. The lowest BCUT2D eigenvalue weighted by molar-refractivity contribution is 0.596. The maximum absolute atomic E-state index is 12.4. The van der Waals surface area contributed by atoms with E-state index in [1.54, 1.807) is 42.6 Å². The van der Waals surface area contributed by atoms with Crippen molar-refractivity contribution < 1.29 is 8.42 Å². The van der Waals surface area contributed by atoms with E-state index < -0.39 is 10.0 Å². The highest BCUT2D eigenvalue weighted by Crippen LogP contribution is 2.30. The number of halogens is 1. The first-order valence-electron chi connectivity index (χ1n) is 5.22. The van der Waals surface area contributed by atoms with E-state index in [0.717, 1.165) is 5.56 Å². The van der Waals surface area contributed by atoms with Crippen LogP contribution in [0.5, 0.6) is 0 Å². The zero-order valence-corrected chi connectivity index (χ0v) is 12.3. The molecule has 2 rings (SSSR count). The highest BCUT2D eigenvalue weighted by Gasteiger charge is 2.23. The molecule has 1 heterocycles. The van der Waals surface area contributed by atoms with Crippen LogP contribution in [0.2, 0.25) is 5.02 Å². The van der Waals surface area contributed by atoms with E-state index in [-0.39, 0.29) is 0 Å². The average Bonchev–Trinajstić information content (AvgIpc) is 2.86. The van der Waals surface area contributed by atoms with Crippen molar-refractivity contribution in [3.8, 4) is 0 Å². The third-order valence-corrected chi connectivity index (χ3v) is 6.24. The molecule has 0 spiro atoms. The second kappa shape index (κ2) is 4.91. The number of benzene rings is 1. The summed E-state index contributed by atoms with van der Waals surface area (Å²) in [7, 11) is -1.96. The number of thiophene rings is 1.